The van der Waals surface area contributed by atoms with E-state index in [4.69, 9.17) is 10.5 Å². The van der Waals surface area contributed by atoms with Crippen molar-refractivity contribution in [2.45, 2.75) is 6.54 Å². The molecule has 3 N–H and O–H groups in total. The Bertz CT molecular complexity index is 629. The Morgan fingerprint density at radius 1 is 1.30 bits per heavy atom. The lowest BCUT2D eigenvalue weighted by Crippen LogP contribution is -2.24. The first-order valence-electron chi connectivity index (χ1n) is 6.07. The summed E-state index contributed by atoms with van der Waals surface area (Å²) in [5, 5.41) is 2.69. The fraction of sp³-hybridized carbons (Fsp3) is 0.133. The molecule has 0 spiro atoms. The van der Waals surface area contributed by atoms with Crippen molar-refractivity contribution in [2.24, 2.45) is 0 Å². The quantitative estimate of drug-likeness (QED) is 0.841. The van der Waals surface area contributed by atoms with Gasteiger partial charge in [0.15, 0.2) is 0 Å². The first kappa shape index (κ1) is 13.9. The molecule has 0 heterocycles. The number of hydrogen-bond donors (Lipinski definition) is 2. The summed E-state index contributed by atoms with van der Waals surface area (Å²) in [6.07, 6.45) is 0. The second-order valence-electron chi connectivity index (χ2n) is 4.24. The summed E-state index contributed by atoms with van der Waals surface area (Å²) in [6, 6.07) is 11.0. The summed E-state index contributed by atoms with van der Waals surface area (Å²) >= 11 is 0. The van der Waals surface area contributed by atoms with Crippen molar-refractivity contribution in [1.29, 1.82) is 0 Å². The molecule has 104 valence electrons. The predicted molar refractivity (Wildman–Crippen MR) is 75.0 cm³/mol. The van der Waals surface area contributed by atoms with Crippen LogP contribution >= 0.6 is 0 Å². The first-order valence-corrected chi connectivity index (χ1v) is 6.07. The standard InChI is InChI=1S/C15H15FN2O2/c1-20-13-7-3-6-12(17)14(13)15(19)18-9-10-4-2-5-11(16)8-10/h2-8H,9,17H2,1H3,(H,18,19). The molecule has 0 bridgehead atoms. The molecule has 0 atom stereocenters. The lowest BCUT2D eigenvalue weighted by Gasteiger charge is -2.11. The van der Waals surface area contributed by atoms with Gasteiger partial charge in [-0.2, -0.15) is 0 Å². The zero-order valence-electron chi connectivity index (χ0n) is 11.0. The van der Waals surface area contributed by atoms with Crippen molar-refractivity contribution in [1.82, 2.24) is 5.32 Å². The molecule has 0 saturated heterocycles. The number of amides is 1. The molecule has 5 heteroatoms. The third kappa shape index (κ3) is 3.06. The molecule has 0 aliphatic rings. The van der Waals surface area contributed by atoms with Crippen molar-refractivity contribution < 1.29 is 13.9 Å². The molecule has 0 unspecified atom stereocenters. The Morgan fingerprint density at radius 2 is 2.05 bits per heavy atom. The van der Waals surface area contributed by atoms with Gasteiger partial charge >= 0.3 is 0 Å². The zero-order chi connectivity index (χ0) is 14.5. The Kier molecular flexibility index (Phi) is 4.20. The van der Waals surface area contributed by atoms with E-state index in [0.717, 1.165) is 0 Å². The van der Waals surface area contributed by atoms with E-state index in [1.54, 1.807) is 30.3 Å². The maximum absolute atomic E-state index is 13.0. The van der Waals surface area contributed by atoms with Crippen LogP contribution in [0.15, 0.2) is 42.5 Å². The highest BCUT2D eigenvalue weighted by Gasteiger charge is 2.15. The van der Waals surface area contributed by atoms with Gasteiger partial charge in [0.2, 0.25) is 0 Å². The van der Waals surface area contributed by atoms with Crippen LogP contribution in [0.4, 0.5) is 10.1 Å². The number of nitrogens with two attached hydrogens (primary N) is 1. The van der Waals surface area contributed by atoms with Crippen LogP contribution in [0.3, 0.4) is 0 Å². The molecule has 0 radical (unpaired) electrons. The third-order valence-electron chi connectivity index (χ3n) is 2.85. The number of nitrogens with one attached hydrogen (secondary N) is 1. The average Bonchev–Trinajstić information content (AvgIpc) is 2.44. The van der Waals surface area contributed by atoms with Crippen LogP contribution in [0.1, 0.15) is 15.9 Å². The third-order valence-corrected chi connectivity index (χ3v) is 2.85. The van der Waals surface area contributed by atoms with Gasteiger partial charge in [-0.1, -0.05) is 18.2 Å². The molecule has 0 saturated carbocycles. The molecule has 1 amide bonds. The largest absolute Gasteiger partial charge is 0.496 e. The van der Waals surface area contributed by atoms with E-state index in [1.807, 2.05) is 0 Å². The van der Waals surface area contributed by atoms with E-state index < -0.39 is 0 Å². The van der Waals surface area contributed by atoms with Crippen molar-refractivity contribution in [2.75, 3.05) is 12.8 Å². The number of methoxy groups -OCH3 is 1. The molecule has 2 aromatic rings. The van der Waals surface area contributed by atoms with Gasteiger partial charge in [-0.3, -0.25) is 4.79 Å². The number of benzene rings is 2. The smallest absolute Gasteiger partial charge is 0.257 e. The summed E-state index contributed by atoms with van der Waals surface area (Å²) in [7, 11) is 1.47. The minimum Gasteiger partial charge on any atom is -0.496 e. The topological polar surface area (TPSA) is 64.3 Å². The summed E-state index contributed by atoms with van der Waals surface area (Å²) in [5.41, 5.74) is 7.08. The number of carbonyl (C=O) groups excluding carboxylic acids is 1. The predicted octanol–water partition coefficient (Wildman–Crippen LogP) is 2.35. The van der Waals surface area contributed by atoms with Gasteiger partial charge in [0.1, 0.15) is 17.1 Å². The summed E-state index contributed by atoms with van der Waals surface area (Å²) in [6.45, 7) is 0.216. The van der Waals surface area contributed by atoms with Crippen molar-refractivity contribution in [3.63, 3.8) is 0 Å². The fourth-order valence-corrected chi connectivity index (χ4v) is 1.88. The van der Waals surface area contributed by atoms with Gasteiger partial charge in [-0.05, 0) is 29.8 Å². The molecular formula is C15H15FN2O2. The Balaban J connectivity index is 2.13. The summed E-state index contributed by atoms with van der Waals surface area (Å²) < 4.78 is 18.2. The number of carbonyl (C=O) groups is 1. The van der Waals surface area contributed by atoms with E-state index in [1.165, 1.54) is 19.2 Å². The lowest BCUT2D eigenvalue weighted by atomic mass is 10.1. The SMILES string of the molecule is COc1cccc(N)c1C(=O)NCc1cccc(F)c1. The number of hydrogen-bond acceptors (Lipinski definition) is 3. The molecule has 0 aliphatic carbocycles. The molecular weight excluding hydrogens is 259 g/mol. The van der Waals surface area contributed by atoms with Crippen LogP contribution in [0.25, 0.3) is 0 Å². The second kappa shape index (κ2) is 6.06. The molecule has 2 rings (SSSR count). The van der Waals surface area contributed by atoms with Crippen molar-refractivity contribution >= 4 is 11.6 Å². The van der Waals surface area contributed by atoms with Crippen LogP contribution in [0.5, 0.6) is 5.75 Å². The summed E-state index contributed by atoms with van der Waals surface area (Å²) in [5.74, 6) is -0.292. The van der Waals surface area contributed by atoms with Crippen LogP contribution in [-0.2, 0) is 6.54 Å². The van der Waals surface area contributed by atoms with Crippen molar-refractivity contribution in [3.8, 4) is 5.75 Å². The second-order valence-corrected chi connectivity index (χ2v) is 4.24. The monoisotopic (exact) mass is 274 g/mol. The molecule has 0 fully saturated rings. The van der Waals surface area contributed by atoms with E-state index in [0.29, 0.717) is 17.0 Å². The number of ether oxygens (including phenoxy) is 1. The number of halogens is 1. The van der Waals surface area contributed by atoms with Gasteiger partial charge in [-0.25, -0.2) is 4.39 Å². The van der Waals surface area contributed by atoms with E-state index >= 15 is 0 Å². The van der Waals surface area contributed by atoms with Crippen molar-refractivity contribution in [3.05, 3.63) is 59.4 Å². The maximum Gasteiger partial charge on any atom is 0.257 e. The number of rotatable bonds is 4. The molecule has 4 nitrogen and oxygen atoms in total. The summed E-state index contributed by atoms with van der Waals surface area (Å²) in [4.78, 5) is 12.1. The maximum atomic E-state index is 13.0. The highest BCUT2D eigenvalue weighted by Crippen LogP contribution is 2.23. The Hall–Kier alpha value is -2.56. The average molecular weight is 274 g/mol. The van der Waals surface area contributed by atoms with Crippen LogP contribution in [-0.4, -0.2) is 13.0 Å². The van der Waals surface area contributed by atoms with Crippen LogP contribution < -0.4 is 15.8 Å². The van der Waals surface area contributed by atoms with Crippen LogP contribution in [0.2, 0.25) is 0 Å². The minimum absolute atomic E-state index is 0.216. The Morgan fingerprint density at radius 3 is 2.75 bits per heavy atom. The molecule has 2 aromatic carbocycles. The van der Waals surface area contributed by atoms with E-state index in [9.17, 15) is 9.18 Å². The molecule has 0 aliphatic heterocycles. The molecule has 20 heavy (non-hydrogen) atoms. The van der Waals surface area contributed by atoms with Gasteiger partial charge in [0.25, 0.3) is 5.91 Å². The highest BCUT2D eigenvalue weighted by atomic mass is 19.1. The Labute approximate surface area is 116 Å². The van der Waals surface area contributed by atoms with Gasteiger partial charge < -0.3 is 15.8 Å². The highest BCUT2D eigenvalue weighted by molar-refractivity contribution is 6.01. The van der Waals surface area contributed by atoms with Crippen LogP contribution in [0, 0.1) is 5.82 Å². The van der Waals surface area contributed by atoms with E-state index in [-0.39, 0.29) is 23.8 Å². The lowest BCUT2D eigenvalue weighted by molar-refractivity contribution is 0.0949. The van der Waals surface area contributed by atoms with Gasteiger partial charge in [0, 0.05) is 12.2 Å². The minimum atomic E-state index is -0.357. The number of nitrogen functional groups attached to an aromatic ring is 1. The first-order chi connectivity index (χ1) is 9.61. The fourth-order valence-electron chi connectivity index (χ4n) is 1.88. The van der Waals surface area contributed by atoms with Gasteiger partial charge in [0.05, 0.1) is 7.11 Å². The van der Waals surface area contributed by atoms with E-state index in [2.05, 4.69) is 5.32 Å². The van der Waals surface area contributed by atoms with Gasteiger partial charge in [-0.15, -0.1) is 0 Å². The number of anilines is 1. The normalized spacial score (nSPS) is 10.1. The molecule has 0 aromatic heterocycles. The zero-order valence-corrected chi connectivity index (χ0v) is 11.0.